The Labute approximate surface area is 149 Å². The van der Waals surface area contributed by atoms with E-state index in [0.29, 0.717) is 11.3 Å². The fourth-order valence-corrected chi connectivity index (χ4v) is 2.11. The molecule has 8 nitrogen and oxygen atoms in total. The van der Waals surface area contributed by atoms with Crippen molar-refractivity contribution in [1.82, 2.24) is 15.2 Å². The van der Waals surface area contributed by atoms with Crippen LogP contribution in [0, 0.1) is 6.92 Å². The van der Waals surface area contributed by atoms with Crippen LogP contribution in [0.3, 0.4) is 0 Å². The summed E-state index contributed by atoms with van der Waals surface area (Å²) in [5, 5.41) is 9.75. The number of alkyl halides is 3. The Balaban J connectivity index is 1.75. The van der Waals surface area contributed by atoms with Crippen LogP contribution in [0.25, 0.3) is 0 Å². The fourth-order valence-electron chi connectivity index (χ4n) is 2.11. The zero-order valence-electron chi connectivity index (χ0n) is 13.7. The van der Waals surface area contributed by atoms with Gasteiger partial charge in [-0.15, -0.1) is 5.10 Å². The molecule has 3 N–H and O–H groups in total. The molecule has 0 aliphatic heterocycles. The monoisotopic (exact) mass is 379 g/mol. The van der Waals surface area contributed by atoms with Crippen LogP contribution in [-0.4, -0.2) is 27.0 Å². The van der Waals surface area contributed by atoms with Crippen LogP contribution in [0.15, 0.2) is 41.0 Å². The third kappa shape index (κ3) is 4.14. The SMILES string of the molecule is Cc1ccc(C(=O)Nc2n[nH]c(C(F)(F)F)n2)cc1NC(=O)c1ccco1. The Bertz CT molecular complexity index is 980. The molecule has 2 heterocycles. The summed E-state index contributed by atoms with van der Waals surface area (Å²) in [6.45, 7) is 1.71. The van der Waals surface area contributed by atoms with E-state index in [1.165, 1.54) is 24.5 Å². The van der Waals surface area contributed by atoms with Crippen molar-refractivity contribution in [2.75, 3.05) is 10.6 Å². The first-order valence-corrected chi connectivity index (χ1v) is 7.50. The van der Waals surface area contributed by atoms with Gasteiger partial charge in [0.1, 0.15) is 0 Å². The highest BCUT2D eigenvalue weighted by Crippen LogP contribution is 2.26. The van der Waals surface area contributed by atoms with Crippen molar-refractivity contribution in [3.05, 3.63) is 59.3 Å². The summed E-state index contributed by atoms with van der Waals surface area (Å²) in [5.74, 6) is -3.01. The highest BCUT2D eigenvalue weighted by molar-refractivity contribution is 6.06. The van der Waals surface area contributed by atoms with Gasteiger partial charge in [0.2, 0.25) is 11.8 Å². The van der Waals surface area contributed by atoms with Gasteiger partial charge >= 0.3 is 6.18 Å². The third-order valence-corrected chi connectivity index (χ3v) is 3.47. The molecule has 0 atom stereocenters. The number of nitrogens with one attached hydrogen (secondary N) is 3. The first-order chi connectivity index (χ1) is 12.7. The average molecular weight is 379 g/mol. The van der Waals surface area contributed by atoms with E-state index in [9.17, 15) is 22.8 Å². The number of H-pyrrole nitrogens is 1. The number of carbonyl (C=O) groups excluding carboxylic acids is 2. The van der Waals surface area contributed by atoms with Crippen LogP contribution < -0.4 is 10.6 Å². The second-order valence-corrected chi connectivity index (χ2v) is 5.42. The van der Waals surface area contributed by atoms with Crippen LogP contribution in [-0.2, 0) is 6.18 Å². The molecule has 0 unspecified atom stereocenters. The molecule has 0 bridgehead atoms. The fraction of sp³-hybridized carbons (Fsp3) is 0.125. The molecule has 0 spiro atoms. The molecule has 140 valence electrons. The molecule has 0 saturated heterocycles. The van der Waals surface area contributed by atoms with E-state index < -0.39 is 29.8 Å². The highest BCUT2D eigenvalue weighted by Gasteiger charge is 2.35. The van der Waals surface area contributed by atoms with Gasteiger partial charge in [0.05, 0.1) is 6.26 Å². The van der Waals surface area contributed by atoms with E-state index in [-0.39, 0.29) is 11.3 Å². The second-order valence-electron chi connectivity index (χ2n) is 5.42. The molecule has 3 aromatic rings. The van der Waals surface area contributed by atoms with Crippen molar-refractivity contribution in [1.29, 1.82) is 0 Å². The molecule has 2 amide bonds. The molecule has 27 heavy (non-hydrogen) atoms. The number of aryl methyl sites for hydroxylation is 1. The van der Waals surface area contributed by atoms with Gasteiger partial charge in [-0.1, -0.05) is 6.07 Å². The molecule has 0 radical (unpaired) electrons. The molecule has 0 aliphatic rings. The molecular formula is C16H12F3N5O3. The maximum Gasteiger partial charge on any atom is 0.451 e. The predicted molar refractivity (Wildman–Crippen MR) is 87.2 cm³/mol. The van der Waals surface area contributed by atoms with E-state index in [0.717, 1.165) is 0 Å². The number of furan rings is 1. The molecule has 0 fully saturated rings. The summed E-state index contributed by atoms with van der Waals surface area (Å²) < 4.78 is 42.5. The second kappa shape index (κ2) is 6.94. The normalized spacial score (nSPS) is 11.3. The number of aromatic nitrogens is 3. The maximum absolute atomic E-state index is 12.5. The number of anilines is 2. The van der Waals surface area contributed by atoms with Gasteiger partial charge in [0, 0.05) is 11.3 Å². The Morgan fingerprint density at radius 1 is 1.15 bits per heavy atom. The van der Waals surface area contributed by atoms with Crippen molar-refractivity contribution in [2.24, 2.45) is 0 Å². The number of hydrogen-bond acceptors (Lipinski definition) is 5. The molecule has 0 aliphatic carbocycles. The summed E-state index contributed by atoms with van der Waals surface area (Å²) in [4.78, 5) is 27.5. The first kappa shape index (κ1) is 18.2. The van der Waals surface area contributed by atoms with Crippen LogP contribution in [0.4, 0.5) is 24.8 Å². The largest absolute Gasteiger partial charge is 0.459 e. The van der Waals surface area contributed by atoms with Gasteiger partial charge in [-0.05, 0) is 36.8 Å². The lowest BCUT2D eigenvalue weighted by Crippen LogP contribution is -2.16. The summed E-state index contributed by atoms with van der Waals surface area (Å²) in [6.07, 6.45) is -3.36. The smallest absolute Gasteiger partial charge is 0.451 e. The van der Waals surface area contributed by atoms with Crippen molar-refractivity contribution in [2.45, 2.75) is 13.1 Å². The lowest BCUT2D eigenvalue weighted by Gasteiger charge is -2.09. The van der Waals surface area contributed by atoms with Crippen LogP contribution in [0.1, 0.15) is 32.3 Å². The zero-order valence-corrected chi connectivity index (χ0v) is 13.7. The van der Waals surface area contributed by atoms with Gasteiger partial charge in [0.15, 0.2) is 5.76 Å². The number of benzene rings is 1. The van der Waals surface area contributed by atoms with Crippen molar-refractivity contribution in [3.8, 4) is 0 Å². The topological polar surface area (TPSA) is 113 Å². The van der Waals surface area contributed by atoms with Gasteiger partial charge in [-0.2, -0.15) is 18.2 Å². The van der Waals surface area contributed by atoms with E-state index in [4.69, 9.17) is 4.42 Å². The lowest BCUT2D eigenvalue weighted by molar-refractivity contribution is -0.144. The number of halogens is 3. The summed E-state index contributed by atoms with van der Waals surface area (Å²) >= 11 is 0. The van der Waals surface area contributed by atoms with Crippen LogP contribution >= 0.6 is 0 Å². The number of carbonyl (C=O) groups is 2. The third-order valence-electron chi connectivity index (χ3n) is 3.47. The average Bonchev–Trinajstić information content (AvgIpc) is 3.27. The first-order valence-electron chi connectivity index (χ1n) is 7.50. The molecule has 1 aromatic carbocycles. The molecular weight excluding hydrogens is 367 g/mol. The molecule has 3 rings (SSSR count). The number of amides is 2. The van der Waals surface area contributed by atoms with Gasteiger partial charge in [0.25, 0.3) is 11.8 Å². The summed E-state index contributed by atoms with van der Waals surface area (Å²) in [7, 11) is 0. The predicted octanol–water partition coefficient (Wildman–Crippen LogP) is 3.23. The van der Waals surface area contributed by atoms with Gasteiger partial charge in [-0.25, -0.2) is 0 Å². The Kier molecular flexibility index (Phi) is 4.67. The molecule has 0 saturated carbocycles. The minimum absolute atomic E-state index is 0.0876. The Hall–Kier alpha value is -3.63. The summed E-state index contributed by atoms with van der Waals surface area (Å²) in [6, 6.07) is 7.43. The molecule has 2 aromatic heterocycles. The van der Waals surface area contributed by atoms with Crippen molar-refractivity contribution in [3.63, 3.8) is 0 Å². The Morgan fingerprint density at radius 2 is 1.93 bits per heavy atom. The van der Waals surface area contributed by atoms with E-state index >= 15 is 0 Å². The van der Waals surface area contributed by atoms with Gasteiger partial charge < -0.3 is 9.73 Å². The van der Waals surface area contributed by atoms with Crippen LogP contribution in [0.5, 0.6) is 0 Å². The summed E-state index contributed by atoms with van der Waals surface area (Å²) in [5.41, 5.74) is 1.10. The van der Waals surface area contributed by atoms with Crippen molar-refractivity contribution >= 4 is 23.5 Å². The standard InChI is InChI=1S/C16H12F3N5O3/c1-8-4-5-9(7-10(8)20-13(26)11-3-2-6-27-11)12(25)21-15-22-14(23-24-15)16(17,18)19/h2-7H,1H3,(H,20,26)(H2,21,22,23,24,25). The lowest BCUT2D eigenvalue weighted by atomic mass is 10.1. The van der Waals surface area contributed by atoms with E-state index in [2.05, 4.69) is 20.7 Å². The maximum atomic E-state index is 12.5. The number of nitrogens with zero attached hydrogens (tertiary/aromatic N) is 2. The Morgan fingerprint density at radius 3 is 2.56 bits per heavy atom. The highest BCUT2D eigenvalue weighted by atomic mass is 19.4. The number of rotatable bonds is 4. The molecule has 11 heteroatoms. The number of aromatic amines is 1. The zero-order chi connectivity index (χ0) is 19.6. The quantitative estimate of drug-likeness (QED) is 0.644. The van der Waals surface area contributed by atoms with Crippen LogP contribution in [0.2, 0.25) is 0 Å². The van der Waals surface area contributed by atoms with Crippen molar-refractivity contribution < 1.29 is 27.2 Å². The minimum atomic E-state index is -4.71. The van der Waals surface area contributed by atoms with Gasteiger partial charge in [-0.3, -0.25) is 20.0 Å². The minimum Gasteiger partial charge on any atom is -0.459 e. The van der Waals surface area contributed by atoms with E-state index in [1.807, 2.05) is 0 Å². The number of hydrogen-bond donors (Lipinski definition) is 3. The van der Waals surface area contributed by atoms with E-state index in [1.54, 1.807) is 24.2 Å².